The van der Waals surface area contributed by atoms with E-state index in [4.69, 9.17) is 0 Å². The van der Waals surface area contributed by atoms with Gasteiger partial charge in [-0.2, -0.15) is 0 Å². The van der Waals surface area contributed by atoms with Crippen molar-refractivity contribution < 1.29 is 0 Å². The second-order valence-electron chi connectivity index (χ2n) is 4.91. The lowest BCUT2D eigenvalue weighted by Gasteiger charge is -2.30. The van der Waals surface area contributed by atoms with Crippen molar-refractivity contribution in [2.75, 3.05) is 13.1 Å². The van der Waals surface area contributed by atoms with E-state index in [0.29, 0.717) is 0 Å². The molecule has 1 heterocycles. The first kappa shape index (κ1) is 11.9. The molecule has 1 unspecified atom stereocenters. The van der Waals surface area contributed by atoms with E-state index in [1.54, 1.807) is 11.3 Å². The van der Waals surface area contributed by atoms with Crippen LogP contribution in [0.4, 0.5) is 0 Å². The fraction of sp³-hybridized carbons (Fsp3) is 0.400. The third-order valence-electron chi connectivity index (χ3n) is 3.58. The van der Waals surface area contributed by atoms with E-state index in [-0.39, 0.29) is 0 Å². The Kier molecular flexibility index (Phi) is 3.43. The predicted molar refractivity (Wildman–Crippen MR) is 76.3 cm³/mol. The van der Waals surface area contributed by atoms with Crippen molar-refractivity contribution in [2.45, 2.75) is 25.7 Å². The molecule has 2 nitrogen and oxygen atoms in total. The van der Waals surface area contributed by atoms with Crippen molar-refractivity contribution in [2.24, 2.45) is 0 Å². The SMILES string of the molecule is Cc1nc(CCNCC2Cc3ccccc32)cs1. The Bertz CT molecular complexity index is 533. The van der Waals surface area contributed by atoms with Gasteiger partial charge in [0.2, 0.25) is 0 Å². The fourth-order valence-electron chi connectivity index (χ4n) is 2.56. The number of aryl methyl sites for hydroxylation is 1. The molecule has 1 aliphatic carbocycles. The number of thiazole rings is 1. The predicted octanol–water partition coefficient (Wildman–Crippen LogP) is 2.92. The molecule has 94 valence electrons. The molecule has 0 bridgehead atoms. The van der Waals surface area contributed by atoms with Gasteiger partial charge < -0.3 is 5.32 Å². The summed E-state index contributed by atoms with van der Waals surface area (Å²) in [6.07, 6.45) is 2.28. The Labute approximate surface area is 112 Å². The van der Waals surface area contributed by atoms with E-state index < -0.39 is 0 Å². The largest absolute Gasteiger partial charge is 0.316 e. The molecule has 2 aromatic rings. The Morgan fingerprint density at radius 3 is 3.06 bits per heavy atom. The lowest BCUT2D eigenvalue weighted by atomic mass is 9.77. The maximum Gasteiger partial charge on any atom is 0.0897 e. The summed E-state index contributed by atoms with van der Waals surface area (Å²) in [5.41, 5.74) is 4.29. The normalized spacial score (nSPS) is 17.3. The first-order chi connectivity index (χ1) is 8.83. The van der Waals surface area contributed by atoms with Gasteiger partial charge in [-0.25, -0.2) is 4.98 Å². The molecule has 0 radical (unpaired) electrons. The summed E-state index contributed by atoms with van der Waals surface area (Å²) in [5, 5.41) is 6.88. The van der Waals surface area contributed by atoms with Crippen molar-refractivity contribution in [3.63, 3.8) is 0 Å². The lowest BCUT2D eigenvalue weighted by Crippen LogP contribution is -2.30. The molecular formula is C15H18N2S. The second-order valence-corrected chi connectivity index (χ2v) is 5.97. The van der Waals surface area contributed by atoms with Crippen molar-refractivity contribution in [3.8, 4) is 0 Å². The van der Waals surface area contributed by atoms with Crippen LogP contribution < -0.4 is 5.32 Å². The zero-order valence-electron chi connectivity index (χ0n) is 10.6. The lowest BCUT2D eigenvalue weighted by molar-refractivity contribution is 0.536. The van der Waals surface area contributed by atoms with E-state index in [1.807, 2.05) is 0 Å². The maximum atomic E-state index is 4.48. The van der Waals surface area contributed by atoms with E-state index in [1.165, 1.54) is 23.2 Å². The highest BCUT2D eigenvalue weighted by molar-refractivity contribution is 7.09. The third-order valence-corrected chi connectivity index (χ3v) is 4.40. The van der Waals surface area contributed by atoms with Crippen molar-refractivity contribution in [1.82, 2.24) is 10.3 Å². The molecule has 1 aromatic carbocycles. The zero-order valence-corrected chi connectivity index (χ0v) is 11.5. The third kappa shape index (κ3) is 2.47. The van der Waals surface area contributed by atoms with Gasteiger partial charge in [-0.3, -0.25) is 0 Å². The van der Waals surface area contributed by atoms with E-state index >= 15 is 0 Å². The van der Waals surface area contributed by atoms with E-state index in [9.17, 15) is 0 Å². The smallest absolute Gasteiger partial charge is 0.0897 e. The summed E-state index contributed by atoms with van der Waals surface area (Å²) >= 11 is 1.74. The summed E-state index contributed by atoms with van der Waals surface area (Å²) in [5.74, 6) is 0.721. The van der Waals surface area contributed by atoms with Crippen LogP contribution in [0.5, 0.6) is 0 Å². The maximum absolute atomic E-state index is 4.48. The molecule has 18 heavy (non-hydrogen) atoms. The summed E-state index contributed by atoms with van der Waals surface area (Å²) in [6.45, 7) is 4.19. The highest BCUT2D eigenvalue weighted by atomic mass is 32.1. The molecule has 0 spiro atoms. The van der Waals surface area contributed by atoms with E-state index in [0.717, 1.165) is 30.4 Å². The number of hydrogen-bond acceptors (Lipinski definition) is 3. The number of aromatic nitrogens is 1. The topological polar surface area (TPSA) is 24.9 Å². The Hall–Kier alpha value is -1.19. The highest BCUT2D eigenvalue weighted by Gasteiger charge is 2.24. The summed E-state index contributed by atoms with van der Waals surface area (Å²) in [7, 11) is 0. The fourth-order valence-corrected chi connectivity index (χ4v) is 3.21. The van der Waals surface area contributed by atoms with Crippen molar-refractivity contribution in [3.05, 3.63) is 51.5 Å². The van der Waals surface area contributed by atoms with Gasteiger partial charge in [0.1, 0.15) is 0 Å². The molecule has 1 aromatic heterocycles. The molecule has 1 aliphatic rings. The van der Waals surface area contributed by atoms with Crippen LogP contribution in [0.25, 0.3) is 0 Å². The number of nitrogens with one attached hydrogen (secondary N) is 1. The molecule has 1 atom stereocenters. The summed E-state index contributed by atoms with van der Waals surface area (Å²) in [6, 6.07) is 8.77. The van der Waals surface area contributed by atoms with E-state index in [2.05, 4.69) is 46.9 Å². The first-order valence-corrected chi connectivity index (χ1v) is 7.40. The van der Waals surface area contributed by atoms with Gasteiger partial charge in [0, 0.05) is 30.8 Å². The molecule has 0 fully saturated rings. The van der Waals surface area contributed by atoms with Crippen LogP contribution >= 0.6 is 11.3 Å². The minimum atomic E-state index is 0.721. The van der Waals surface area contributed by atoms with Crippen molar-refractivity contribution in [1.29, 1.82) is 0 Å². The van der Waals surface area contributed by atoms with Crippen LogP contribution in [-0.2, 0) is 12.8 Å². The number of benzene rings is 1. The Morgan fingerprint density at radius 1 is 1.39 bits per heavy atom. The molecule has 1 N–H and O–H groups in total. The number of fused-ring (bicyclic) bond motifs is 1. The van der Waals surface area contributed by atoms with Gasteiger partial charge in [0.25, 0.3) is 0 Å². The average molecular weight is 258 g/mol. The Balaban J connectivity index is 1.42. The minimum absolute atomic E-state index is 0.721. The number of nitrogens with zero attached hydrogens (tertiary/aromatic N) is 1. The van der Waals surface area contributed by atoms with Gasteiger partial charge in [-0.1, -0.05) is 24.3 Å². The minimum Gasteiger partial charge on any atom is -0.316 e. The summed E-state index contributed by atoms with van der Waals surface area (Å²) in [4.78, 5) is 4.48. The van der Waals surface area contributed by atoms with Crippen LogP contribution in [0.2, 0.25) is 0 Å². The second kappa shape index (κ2) is 5.21. The van der Waals surface area contributed by atoms with Gasteiger partial charge in [-0.05, 0) is 24.5 Å². The van der Waals surface area contributed by atoms with Gasteiger partial charge in [0.05, 0.1) is 10.7 Å². The molecule has 3 heteroatoms. The average Bonchev–Trinajstić information content (AvgIpc) is 2.75. The number of hydrogen-bond donors (Lipinski definition) is 1. The number of rotatable bonds is 5. The molecule has 0 saturated heterocycles. The molecular weight excluding hydrogens is 240 g/mol. The van der Waals surface area contributed by atoms with Gasteiger partial charge in [0.15, 0.2) is 0 Å². The molecule has 0 amide bonds. The molecule has 3 rings (SSSR count). The van der Waals surface area contributed by atoms with Crippen LogP contribution in [0.1, 0.15) is 27.7 Å². The van der Waals surface area contributed by atoms with Crippen molar-refractivity contribution >= 4 is 11.3 Å². The highest BCUT2D eigenvalue weighted by Crippen LogP contribution is 2.33. The first-order valence-electron chi connectivity index (χ1n) is 6.52. The summed E-state index contributed by atoms with van der Waals surface area (Å²) < 4.78 is 0. The molecule has 0 saturated carbocycles. The van der Waals surface area contributed by atoms with Gasteiger partial charge in [-0.15, -0.1) is 11.3 Å². The van der Waals surface area contributed by atoms with Crippen LogP contribution in [0.3, 0.4) is 0 Å². The van der Waals surface area contributed by atoms with Crippen LogP contribution in [-0.4, -0.2) is 18.1 Å². The monoisotopic (exact) mass is 258 g/mol. The quantitative estimate of drug-likeness (QED) is 0.834. The molecule has 0 aliphatic heterocycles. The standard InChI is InChI=1S/C15H18N2S/c1-11-17-14(10-18-11)6-7-16-9-13-8-12-4-2-3-5-15(12)13/h2-5,10,13,16H,6-9H2,1H3. The van der Waals surface area contributed by atoms with Crippen LogP contribution in [0.15, 0.2) is 29.6 Å². The zero-order chi connectivity index (χ0) is 12.4. The Morgan fingerprint density at radius 2 is 2.28 bits per heavy atom. The van der Waals surface area contributed by atoms with Crippen LogP contribution in [0, 0.1) is 6.92 Å². The van der Waals surface area contributed by atoms with Gasteiger partial charge >= 0.3 is 0 Å².